The van der Waals surface area contributed by atoms with Crippen LogP contribution in [0.4, 0.5) is 5.82 Å². The van der Waals surface area contributed by atoms with Crippen molar-refractivity contribution < 1.29 is 19.0 Å². The maximum absolute atomic E-state index is 12.9. The van der Waals surface area contributed by atoms with E-state index in [2.05, 4.69) is 34.2 Å². The molecule has 5 rings (SSSR count). The van der Waals surface area contributed by atoms with Gasteiger partial charge in [-0.05, 0) is 43.7 Å². The summed E-state index contributed by atoms with van der Waals surface area (Å²) in [6.07, 6.45) is -0.592. The third-order valence-corrected chi connectivity index (χ3v) is 5.99. The molecule has 2 aliphatic heterocycles. The molecule has 1 fully saturated rings. The Morgan fingerprint density at radius 2 is 1.76 bits per heavy atom. The number of nitrogens with zero attached hydrogens (tertiary/aromatic N) is 4. The third kappa shape index (κ3) is 4.41. The average Bonchev–Trinajstić information content (AvgIpc) is 3.32. The molecule has 1 amide bonds. The quantitative estimate of drug-likeness (QED) is 0.595. The van der Waals surface area contributed by atoms with Crippen LogP contribution in [-0.4, -0.2) is 60.1 Å². The largest absolute Gasteiger partial charge is 0.481 e. The first-order chi connectivity index (χ1) is 16.1. The monoisotopic (exact) mass is 446 g/mol. The van der Waals surface area contributed by atoms with E-state index in [9.17, 15) is 4.79 Å². The van der Waals surface area contributed by atoms with Crippen LogP contribution in [0, 0.1) is 6.92 Å². The number of rotatable bonds is 5. The molecule has 0 aliphatic carbocycles. The maximum Gasteiger partial charge on any atom is 0.263 e. The summed E-state index contributed by atoms with van der Waals surface area (Å²) in [6, 6.07) is 17.5. The first-order valence-electron chi connectivity index (χ1n) is 11.1. The van der Waals surface area contributed by atoms with Gasteiger partial charge >= 0.3 is 0 Å². The molecule has 170 valence electrons. The second-order valence-electron chi connectivity index (χ2n) is 8.18. The summed E-state index contributed by atoms with van der Waals surface area (Å²) < 4.78 is 16.6. The Morgan fingerprint density at radius 1 is 0.970 bits per heavy atom. The molecule has 1 atom stereocenters. The predicted octanol–water partition coefficient (Wildman–Crippen LogP) is 3.30. The number of carbonyl (C=O) groups is 1. The van der Waals surface area contributed by atoms with E-state index in [1.54, 1.807) is 25.1 Å². The number of hydrogen-bond donors (Lipinski definition) is 0. The summed E-state index contributed by atoms with van der Waals surface area (Å²) in [7, 11) is 0. The van der Waals surface area contributed by atoms with Crippen molar-refractivity contribution in [1.82, 2.24) is 15.1 Å². The number of aryl methyl sites for hydroxylation is 1. The van der Waals surface area contributed by atoms with Crippen LogP contribution < -0.4 is 19.1 Å². The number of hydrogen-bond acceptors (Lipinski definition) is 7. The maximum atomic E-state index is 12.9. The number of ether oxygens (including phenoxy) is 3. The fourth-order valence-corrected chi connectivity index (χ4v) is 4.12. The lowest BCUT2D eigenvalue weighted by Crippen LogP contribution is -2.52. The fraction of sp³-hybridized carbons (Fsp3) is 0.320. The number of carbonyl (C=O) groups excluding carboxylic acids is 1. The Morgan fingerprint density at radius 3 is 2.52 bits per heavy atom. The van der Waals surface area contributed by atoms with E-state index in [0.717, 1.165) is 17.1 Å². The molecule has 33 heavy (non-hydrogen) atoms. The normalized spacial score (nSPS) is 15.9. The molecule has 8 heteroatoms. The molecule has 1 saturated heterocycles. The van der Waals surface area contributed by atoms with Crippen molar-refractivity contribution in [2.24, 2.45) is 0 Å². The summed E-state index contributed by atoms with van der Waals surface area (Å²) in [4.78, 5) is 16.9. The Bertz CT molecular complexity index is 1140. The topological polar surface area (TPSA) is 77.0 Å². The summed E-state index contributed by atoms with van der Waals surface area (Å²) in [5.41, 5.74) is 3.12. The molecule has 0 saturated carbocycles. The van der Waals surface area contributed by atoms with E-state index in [1.165, 1.54) is 5.56 Å². The van der Waals surface area contributed by atoms with Crippen LogP contribution in [0.2, 0.25) is 0 Å². The molecule has 3 heterocycles. The first-order valence-corrected chi connectivity index (χ1v) is 11.1. The Labute approximate surface area is 192 Å². The smallest absolute Gasteiger partial charge is 0.263 e. The Hall–Kier alpha value is -3.81. The van der Waals surface area contributed by atoms with Crippen molar-refractivity contribution in [3.8, 4) is 28.5 Å². The molecule has 2 aliphatic rings. The van der Waals surface area contributed by atoms with Crippen molar-refractivity contribution in [3.63, 3.8) is 0 Å². The zero-order valence-corrected chi connectivity index (χ0v) is 18.7. The Balaban J connectivity index is 1.16. The van der Waals surface area contributed by atoms with Gasteiger partial charge in [-0.15, -0.1) is 10.2 Å². The molecule has 3 aromatic rings. The lowest BCUT2D eigenvalue weighted by atomic mass is 10.1. The van der Waals surface area contributed by atoms with Crippen molar-refractivity contribution in [2.75, 3.05) is 37.9 Å². The summed E-state index contributed by atoms with van der Waals surface area (Å²) >= 11 is 0. The van der Waals surface area contributed by atoms with Crippen molar-refractivity contribution in [2.45, 2.75) is 20.0 Å². The lowest BCUT2D eigenvalue weighted by molar-refractivity contribution is -0.138. The molecule has 0 radical (unpaired) electrons. The van der Waals surface area contributed by atoms with E-state index < -0.39 is 6.10 Å². The molecular weight excluding hydrogens is 420 g/mol. The molecule has 1 aromatic heterocycles. The number of piperazine rings is 1. The van der Waals surface area contributed by atoms with E-state index in [1.807, 2.05) is 29.2 Å². The lowest BCUT2D eigenvalue weighted by Gasteiger charge is -2.36. The highest BCUT2D eigenvalue weighted by Gasteiger charge is 2.27. The second-order valence-corrected chi connectivity index (χ2v) is 8.18. The van der Waals surface area contributed by atoms with Gasteiger partial charge in [0, 0.05) is 37.8 Å². The molecule has 1 unspecified atom stereocenters. The van der Waals surface area contributed by atoms with Gasteiger partial charge in [0.1, 0.15) is 5.75 Å². The van der Waals surface area contributed by atoms with Crippen molar-refractivity contribution in [1.29, 1.82) is 0 Å². The third-order valence-electron chi connectivity index (χ3n) is 5.99. The van der Waals surface area contributed by atoms with Crippen LogP contribution in [0.25, 0.3) is 11.3 Å². The highest BCUT2D eigenvalue weighted by molar-refractivity contribution is 5.81. The molecule has 0 bridgehead atoms. The van der Waals surface area contributed by atoms with Crippen molar-refractivity contribution in [3.05, 3.63) is 60.2 Å². The number of fused-ring (bicyclic) bond motifs is 1. The highest BCUT2D eigenvalue weighted by Crippen LogP contribution is 2.35. The molecule has 8 nitrogen and oxygen atoms in total. The van der Waals surface area contributed by atoms with E-state index in [0.29, 0.717) is 43.4 Å². The van der Waals surface area contributed by atoms with E-state index in [-0.39, 0.29) is 12.7 Å². The zero-order chi connectivity index (χ0) is 22.8. The number of anilines is 1. The van der Waals surface area contributed by atoms with E-state index in [4.69, 9.17) is 14.2 Å². The van der Waals surface area contributed by atoms with Gasteiger partial charge in [0.25, 0.3) is 5.91 Å². The van der Waals surface area contributed by atoms with Crippen LogP contribution in [0.1, 0.15) is 12.5 Å². The minimum absolute atomic E-state index is 0.0340. The summed E-state index contributed by atoms with van der Waals surface area (Å²) in [5, 5.41) is 8.86. The van der Waals surface area contributed by atoms with Crippen LogP contribution in [-0.2, 0) is 4.79 Å². The highest BCUT2D eigenvalue weighted by atomic mass is 16.7. The number of aromatic nitrogens is 2. The Kier molecular flexibility index (Phi) is 5.73. The number of benzene rings is 2. The molecule has 2 aromatic carbocycles. The van der Waals surface area contributed by atoms with Gasteiger partial charge in [0.15, 0.2) is 23.4 Å². The summed E-state index contributed by atoms with van der Waals surface area (Å²) in [5.74, 6) is 2.70. The molecule has 0 N–H and O–H groups in total. The fourth-order valence-electron chi connectivity index (χ4n) is 4.12. The molecular formula is C25H26N4O4. The SMILES string of the molecule is Cc1ccccc1-c1ccc(N2CCN(C(=O)C(C)Oc3ccc4c(c3)OCO4)CC2)nn1. The minimum atomic E-state index is -0.592. The van der Waals surface area contributed by atoms with Gasteiger partial charge in [-0.3, -0.25) is 4.79 Å². The van der Waals surface area contributed by atoms with Crippen molar-refractivity contribution >= 4 is 11.7 Å². The van der Waals surface area contributed by atoms with Crippen LogP contribution >= 0.6 is 0 Å². The van der Waals surface area contributed by atoms with Gasteiger partial charge < -0.3 is 24.0 Å². The van der Waals surface area contributed by atoms with Gasteiger partial charge in [0.2, 0.25) is 6.79 Å². The number of amides is 1. The van der Waals surface area contributed by atoms with Gasteiger partial charge in [0.05, 0.1) is 5.69 Å². The zero-order valence-electron chi connectivity index (χ0n) is 18.7. The van der Waals surface area contributed by atoms with E-state index >= 15 is 0 Å². The minimum Gasteiger partial charge on any atom is -0.481 e. The standard InChI is InChI=1S/C25H26N4O4/c1-17-5-3-4-6-20(17)21-8-10-24(27-26-21)28-11-13-29(14-12-28)25(30)18(2)33-19-7-9-22-23(15-19)32-16-31-22/h3-10,15,18H,11-14,16H2,1-2H3. The first kappa shape index (κ1) is 21.1. The van der Waals surface area contributed by atoms with Gasteiger partial charge in [-0.25, -0.2) is 0 Å². The summed E-state index contributed by atoms with van der Waals surface area (Å²) in [6.45, 7) is 6.65. The van der Waals surface area contributed by atoms with Gasteiger partial charge in [-0.1, -0.05) is 24.3 Å². The average molecular weight is 447 g/mol. The van der Waals surface area contributed by atoms with Gasteiger partial charge in [-0.2, -0.15) is 0 Å². The van der Waals surface area contributed by atoms with Crippen LogP contribution in [0.15, 0.2) is 54.6 Å². The van der Waals surface area contributed by atoms with Crippen LogP contribution in [0.5, 0.6) is 17.2 Å². The predicted molar refractivity (Wildman–Crippen MR) is 124 cm³/mol. The molecule has 0 spiro atoms. The second kappa shape index (κ2) is 8.97. The van der Waals surface area contributed by atoms with Crippen LogP contribution in [0.3, 0.4) is 0 Å².